The molecule has 0 bridgehead atoms. The van der Waals surface area contributed by atoms with E-state index in [0.29, 0.717) is 6.42 Å². The molecule has 0 unspecified atom stereocenters. The van der Waals surface area contributed by atoms with Gasteiger partial charge < -0.3 is 14.7 Å². The highest BCUT2D eigenvalue weighted by Crippen LogP contribution is 2.14. The summed E-state index contributed by atoms with van der Waals surface area (Å²) in [4.78, 5) is 36.7. The maximum Gasteiger partial charge on any atom is 0.326 e. The van der Waals surface area contributed by atoms with Crippen LogP contribution in [0.15, 0.2) is 0 Å². The molecule has 0 aliphatic heterocycles. The Kier molecular flexibility index (Phi) is 17.1. The molecule has 0 atom stereocenters. The van der Waals surface area contributed by atoms with Crippen molar-refractivity contribution < 1.29 is 24.2 Å². The Balaban J connectivity index is 3.96. The second-order valence-electron chi connectivity index (χ2n) is 9.54. The number of carboxylic acid groups (broad SMARTS) is 1. The summed E-state index contributed by atoms with van der Waals surface area (Å²) < 4.78 is 5.27. The molecule has 0 saturated carbocycles. The number of rotatable bonds is 19. The fourth-order valence-electron chi connectivity index (χ4n) is 3.50. The number of nitrogens with zero attached hydrogens (tertiary/aromatic N) is 1. The van der Waals surface area contributed by atoms with E-state index < -0.39 is 17.5 Å². The predicted molar refractivity (Wildman–Crippen MR) is 125 cm³/mol. The van der Waals surface area contributed by atoms with E-state index in [0.717, 1.165) is 19.3 Å². The van der Waals surface area contributed by atoms with Gasteiger partial charge in [-0.1, -0.05) is 84.0 Å². The summed E-state index contributed by atoms with van der Waals surface area (Å²) in [6, 6.07) is 0. The van der Waals surface area contributed by atoms with Crippen LogP contribution in [0.1, 0.15) is 124 Å². The van der Waals surface area contributed by atoms with Crippen molar-refractivity contribution in [3.05, 3.63) is 0 Å². The third-order valence-electron chi connectivity index (χ3n) is 5.18. The summed E-state index contributed by atoms with van der Waals surface area (Å²) in [7, 11) is 0. The first-order valence-corrected chi connectivity index (χ1v) is 12.4. The van der Waals surface area contributed by atoms with Crippen molar-refractivity contribution in [3.63, 3.8) is 0 Å². The van der Waals surface area contributed by atoms with Gasteiger partial charge in [0.2, 0.25) is 5.91 Å². The van der Waals surface area contributed by atoms with E-state index in [2.05, 4.69) is 6.92 Å². The van der Waals surface area contributed by atoms with Crippen LogP contribution in [0, 0.1) is 0 Å². The Labute approximate surface area is 190 Å². The molecule has 1 N–H and O–H groups in total. The third kappa shape index (κ3) is 20.1. The van der Waals surface area contributed by atoms with Crippen LogP contribution in [-0.2, 0) is 19.1 Å². The highest BCUT2D eigenvalue weighted by molar-refractivity contribution is 5.82. The lowest BCUT2D eigenvalue weighted by atomic mass is 10.0. The van der Waals surface area contributed by atoms with Crippen LogP contribution in [0.4, 0.5) is 0 Å². The molecule has 31 heavy (non-hydrogen) atoms. The molecule has 0 heterocycles. The Hall–Kier alpha value is -1.59. The van der Waals surface area contributed by atoms with Gasteiger partial charge in [0.15, 0.2) is 0 Å². The van der Waals surface area contributed by atoms with Gasteiger partial charge in [0.05, 0.1) is 6.42 Å². The van der Waals surface area contributed by atoms with E-state index in [1.807, 2.05) is 0 Å². The van der Waals surface area contributed by atoms with E-state index >= 15 is 0 Å². The molecule has 0 aromatic heterocycles. The zero-order valence-electron chi connectivity index (χ0n) is 20.5. The van der Waals surface area contributed by atoms with Gasteiger partial charge in [-0.15, -0.1) is 0 Å². The Morgan fingerprint density at radius 3 is 1.61 bits per heavy atom. The largest absolute Gasteiger partial charge is 0.481 e. The van der Waals surface area contributed by atoms with E-state index in [4.69, 9.17) is 9.84 Å². The first kappa shape index (κ1) is 29.4. The van der Waals surface area contributed by atoms with Gasteiger partial charge in [-0.2, -0.15) is 0 Å². The summed E-state index contributed by atoms with van der Waals surface area (Å²) in [5.41, 5.74) is -0.631. The lowest BCUT2D eigenvalue weighted by Gasteiger charge is -2.25. The van der Waals surface area contributed by atoms with Crippen molar-refractivity contribution >= 4 is 17.8 Å². The molecule has 0 rings (SSSR count). The summed E-state index contributed by atoms with van der Waals surface area (Å²) in [5.74, 6) is -1.66. The van der Waals surface area contributed by atoms with Crippen LogP contribution in [0.2, 0.25) is 0 Å². The standard InChI is InChI=1S/C25H47NO5/c1-5-6-7-8-9-10-11-12-13-14-15-16-17-18-22(27)26(20-19-23(28)29)21-24(30)31-25(2,3)4/h5-21H2,1-4H3,(H,28,29). The molecule has 0 saturated heterocycles. The van der Waals surface area contributed by atoms with Gasteiger partial charge >= 0.3 is 11.9 Å². The van der Waals surface area contributed by atoms with Crippen molar-refractivity contribution in [2.24, 2.45) is 0 Å². The van der Waals surface area contributed by atoms with Crippen LogP contribution in [0.25, 0.3) is 0 Å². The monoisotopic (exact) mass is 441 g/mol. The minimum absolute atomic E-state index is 0.0336. The molecule has 0 fully saturated rings. The first-order chi connectivity index (χ1) is 14.7. The fourth-order valence-corrected chi connectivity index (χ4v) is 3.50. The molecule has 6 nitrogen and oxygen atoms in total. The second kappa shape index (κ2) is 18.0. The molecule has 182 valence electrons. The van der Waals surface area contributed by atoms with Gasteiger partial charge in [-0.25, -0.2) is 0 Å². The lowest BCUT2D eigenvalue weighted by Crippen LogP contribution is -2.39. The van der Waals surface area contributed by atoms with Gasteiger partial charge in [0.1, 0.15) is 12.1 Å². The van der Waals surface area contributed by atoms with Crippen molar-refractivity contribution in [1.82, 2.24) is 4.90 Å². The normalized spacial score (nSPS) is 11.4. The number of hydrogen-bond donors (Lipinski definition) is 1. The highest BCUT2D eigenvalue weighted by Gasteiger charge is 2.22. The molecule has 0 aliphatic carbocycles. The first-order valence-electron chi connectivity index (χ1n) is 12.4. The van der Waals surface area contributed by atoms with Gasteiger partial charge in [0.25, 0.3) is 0 Å². The van der Waals surface area contributed by atoms with Crippen LogP contribution < -0.4 is 0 Å². The van der Waals surface area contributed by atoms with Crippen LogP contribution in [0.5, 0.6) is 0 Å². The minimum atomic E-state index is -0.983. The van der Waals surface area contributed by atoms with Gasteiger partial charge in [0, 0.05) is 13.0 Å². The zero-order chi connectivity index (χ0) is 23.5. The predicted octanol–water partition coefficient (Wildman–Crippen LogP) is 6.11. The Bertz CT molecular complexity index is 499. The number of carbonyl (C=O) groups is 3. The summed E-state index contributed by atoms with van der Waals surface area (Å²) in [6.45, 7) is 7.38. The minimum Gasteiger partial charge on any atom is -0.481 e. The van der Waals surface area contributed by atoms with Crippen LogP contribution in [0.3, 0.4) is 0 Å². The summed E-state index contributed by atoms with van der Waals surface area (Å²) >= 11 is 0. The number of hydrogen-bond acceptors (Lipinski definition) is 4. The quantitative estimate of drug-likeness (QED) is 0.193. The average molecular weight is 442 g/mol. The summed E-state index contributed by atoms with van der Waals surface area (Å²) in [6.07, 6.45) is 16.3. The summed E-state index contributed by atoms with van der Waals surface area (Å²) in [5, 5.41) is 8.91. The maximum absolute atomic E-state index is 12.5. The zero-order valence-corrected chi connectivity index (χ0v) is 20.5. The van der Waals surface area contributed by atoms with Crippen LogP contribution >= 0.6 is 0 Å². The van der Waals surface area contributed by atoms with Gasteiger partial charge in [-0.3, -0.25) is 14.4 Å². The molecular formula is C25H47NO5. The molecule has 0 aromatic carbocycles. The van der Waals surface area contributed by atoms with E-state index in [1.54, 1.807) is 20.8 Å². The smallest absolute Gasteiger partial charge is 0.326 e. The van der Waals surface area contributed by atoms with Crippen molar-refractivity contribution in [2.45, 2.75) is 130 Å². The fraction of sp³-hybridized carbons (Fsp3) is 0.880. The van der Waals surface area contributed by atoms with Gasteiger partial charge in [-0.05, 0) is 27.2 Å². The number of unbranched alkanes of at least 4 members (excludes halogenated alkanes) is 12. The topological polar surface area (TPSA) is 83.9 Å². The maximum atomic E-state index is 12.5. The van der Waals surface area contributed by atoms with Crippen molar-refractivity contribution in [3.8, 4) is 0 Å². The average Bonchev–Trinajstić information content (AvgIpc) is 2.67. The van der Waals surface area contributed by atoms with E-state index in [1.165, 1.54) is 69.1 Å². The lowest BCUT2D eigenvalue weighted by molar-refractivity contribution is -0.159. The molecule has 0 aliphatic rings. The molecule has 1 amide bonds. The molecule has 0 aromatic rings. The van der Waals surface area contributed by atoms with E-state index in [-0.39, 0.29) is 25.4 Å². The number of ether oxygens (including phenoxy) is 1. The Morgan fingerprint density at radius 2 is 1.19 bits per heavy atom. The number of carbonyl (C=O) groups excluding carboxylic acids is 2. The highest BCUT2D eigenvalue weighted by atomic mass is 16.6. The SMILES string of the molecule is CCCCCCCCCCCCCCCC(=O)N(CCC(=O)O)CC(=O)OC(C)(C)C. The van der Waals surface area contributed by atoms with Crippen LogP contribution in [-0.4, -0.2) is 46.5 Å². The Morgan fingerprint density at radius 1 is 0.742 bits per heavy atom. The third-order valence-corrected chi connectivity index (χ3v) is 5.18. The number of aliphatic carboxylic acids is 1. The second-order valence-corrected chi connectivity index (χ2v) is 9.54. The van der Waals surface area contributed by atoms with E-state index in [9.17, 15) is 14.4 Å². The molecule has 6 heteroatoms. The molecular weight excluding hydrogens is 394 g/mol. The number of carboxylic acids is 1. The number of esters is 1. The molecule has 0 spiro atoms. The van der Waals surface area contributed by atoms with Crippen molar-refractivity contribution in [2.75, 3.05) is 13.1 Å². The molecule has 0 radical (unpaired) electrons. The number of amides is 1. The van der Waals surface area contributed by atoms with Crippen molar-refractivity contribution in [1.29, 1.82) is 0 Å².